The first-order chi connectivity index (χ1) is 9.88. The summed E-state index contributed by atoms with van der Waals surface area (Å²) >= 11 is 3.32. The minimum atomic E-state index is -0.472. The molecule has 0 spiro atoms. The highest BCUT2D eigenvalue weighted by Crippen LogP contribution is 2.33. The van der Waals surface area contributed by atoms with Gasteiger partial charge in [0.15, 0.2) is 0 Å². The first-order valence-corrected chi connectivity index (χ1v) is 6.90. The number of phenolic OH excluding ortho intramolecular Hbond substituents is 2. The molecule has 21 heavy (non-hydrogen) atoms. The number of hydrogen-bond acceptors (Lipinski definition) is 5. The molecule has 0 aliphatic heterocycles. The smallest absolute Gasteiger partial charge is 0.271 e. The van der Waals surface area contributed by atoms with Crippen LogP contribution in [0.25, 0.3) is 0 Å². The van der Waals surface area contributed by atoms with Crippen molar-refractivity contribution in [2.24, 2.45) is 0 Å². The maximum absolute atomic E-state index is 10.8. The van der Waals surface area contributed by atoms with E-state index in [-0.39, 0.29) is 23.2 Å². The largest absolute Gasteiger partial charge is 0.508 e. The van der Waals surface area contributed by atoms with Crippen LogP contribution in [0.15, 0.2) is 40.9 Å². The highest BCUT2D eigenvalue weighted by molar-refractivity contribution is 9.10. The van der Waals surface area contributed by atoms with Gasteiger partial charge in [0, 0.05) is 28.2 Å². The Morgan fingerprint density at radius 1 is 1.24 bits per heavy atom. The summed E-state index contributed by atoms with van der Waals surface area (Å²) in [7, 11) is 0. The van der Waals surface area contributed by atoms with Crippen LogP contribution in [-0.4, -0.2) is 15.1 Å². The van der Waals surface area contributed by atoms with Crippen LogP contribution in [0.4, 0.5) is 11.4 Å². The number of nitro benzene ring substituents is 1. The summed E-state index contributed by atoms with van der Waals surface area (Å²) in [5.41, 5.74) is 1.10. The van der Waals surface area contributed by atoms with Gasteiger partial charge in [0.1, 0.15) is 11.5 Å². The predicted molar refractivity (Wildman–Crippen MR) is 82.6 cm³/mol. The molecule has 3 N–H and O–H groups in total. The molecule has 6 nitrogen and oxygen atoms in total. The number of non-ortho nitro benzene ring substituents is 1. The van der Waals surface area contributed by atoms with Crippen LogP contribution < -0.4 is 5.32 Å². The standard InChI is InChI=1S/C14H13BrN2O4/c1-8(11-4-3-10(18)7-14(11)19)16-13-6-9(17(20)21)2-5-12(13)15/h2-8,16,18-19H,1H3. The fourth-order valence-electron chi connectivity index (χ4n) is 1.95. The number of rotatable bonds is 4. The van der Waals surface area contributed by atoms with E-state index in [2.05, 4.69) is 21.2 Å². The van der Waals surface area contributed by atoms with Crippen LogP contribution in [-0.2, 0) is 0 Å². The van der Waals surface area contributed by atoms with Crippen molar-refractivity contribution >= 4 is 27.3 Å². The first kappa shape index (κ1) is 15.1. The summed E-state index contributed by atoms with van der Waals surface area (Å²) in [5.74, 6) is -0.0727. The molecule has 7 heteroatoms. The van der Waals surface area contributed by atoms with Gasteiger partial charge in [-0.15, -0.1) is 0 Å². The average molecular weight is 353 g/mol. The fourth-order valence-corrected chi connectivity index (χ4v) is 2.31. The van der Waals surface area contributed by atoms with Crippen LogP contribution >= 0.6 is 15.9 Å². The van der Waals surface area contributed by atoms with E-state index in [0.29, 0.717) is 15.7 Å². The summed E-state index contributed by atoms with van der Waals surface area (Å²) in [6, 6.07) is 8.41. The van der Waals surface area contributed by atoms with Crippen molar-refractivity contribution in [3.8, 4) is 11.5 Å². The molecule has 0 aliphatic rings. The van der Waals surface area contributed by atoms with E-state index in [4.69, 9.17) is 0 Å². The van der Waals surface area contributed by atoms with E-state index < -0.39 is 4.92 Å². The minimum Gasteiger partial charge on any atom is -0.508 e. The molecule has 2 aromatic rings. The molecule has 0 heterocycles. The predicted octanol–water partition coefficient (Wildman–Crippen LogP) is 3.94. The van der Waals surface area contributed by atoms with E-state index >= 15 is 0 Å². The molecule has 0 aliphatic carbocycles. The van der Waals surface area contributed by atoms with Gasteiger partial charge in [-0.3, -0.25) is 10.1 Å². The number of phenols is 2. The third-order valence-electron chi connectivity index (χ3n) is 3.01. The molecule has 1 unspecified atom stereocenters. The van der Waals surface area contributed by atoms with Crippen molar-refractivity contribution in [3.05, 3.63) is 56.5 Å². The second-order valence-electron chi connectivity index (χ2n) is 4.53. The monoisotopic (exact) mass is 352 g/mol. The number of benzene rings is 2. The van der Waals surface area contributed by atoms with E-state index in [0.717, 1.165) is 0 Å². The molecule has 0 amide bonds. The van der Waals surface area contributed by atoms with Crippen LogP contribution in [0.2, 0.25) is 0 Å². The third kappa shape index (κ3) is 3.43. The van der Waals surface area contributed by atoms with Gasteiger partial charge in [-0.1, -0.05) is 0 Å². The molecule has 0 saturated carbocycles. The lowest BCUT2D eigenvalue weighted by molar-refractivity contribution is -0.384. The quantitative estimate of drug-likeness (QED) is 0.572. The number of aromatic hydroxyl groups is 2. The zero-order valence-electron chi connectivity index (χ0n) is 11.1. The zero-order chi connectivity index (χ0) is 15.6. The van der Waals surface area contributed by atoms with E-state index in [1.54, 1.807) is 19.1 Å². The minimum absolute atomic E-state index is 0.0252. The summed E-state index contributed by atoms with van der Waals surface area (Å²) in [5, 5.41) is 33.0. The van der Waals surface area contributed by atoms with E-state index in [9.17, 15) is 20.3 Å². The van der Waals surface area contributed by atoms with Gasteiger partial charge in [0.2, 0.25) is 0 Å². The van der Waals surface area contributed by atoms with Crippen molar-refractivity contribution in [2.45, 2.75) is 13.0 Å². The summed E-state index contributed by atoms with van der Waals surface area (Å²) in [4.78, 5) is 10.3. The number of nitro groups is 1. The molecule has 110 valence electrons. The van der Waals surface area contributed by atoms with Crippen LogP contribution in [0.5, 0.6) is 11.5 Å². The lowest BCUT2D eigenvalue weighted by Gasteiger charge is -2.18. The van der Waals surface area contributed by atoms with Crippen LogP contribution in [0.3, 0.4) is 0 Å². The fraction of sp³-hybridized carbons (Fsp3) is 0.143. The Morgan fingerprint density at radius 3 is 2.57 bits per heavy atom. The normalized spacial score (nSPS) is 11.9. The van der Waals surface area contributed by atoms with Crippen molar-refractivity contribution in [2.75, 3.05) is 5.32 Å². The third-order valence-corrected chi connectivity index (χ3v) is 3.70. The lowest BCUT2D eigenvalue weighted by Crippen LogP contribution is -2.07. The van der Waals surface area contributed by atoms with Crippen molar-refractivity contribution < 1.29 is 15.1 Å². The number of nitrogens with zero attached hydrogens (tertiary/aromatic N) is 1. The molecule has 0 fully saturated rings. The Balaban J connectivity index is 2.28. The zero-order valence-corrected chi connectivity index (χ0v) is 12.7. The SMILES string of the molecule is CC(Nc1cc([N+](=O)[O-])ccc1Br)c1ccc(O)cc1O. The maximum Gasteiger partial charge on any atom is 0.271 e. The number of hydrogen-bond donors (Lipinski definition) is 3. The van der Waals surface area contributed by atoms with Crippen molar-refractivity contribution in [1.82, 2.24) is 0 Å². The lowest BCUT2D eigenvalue weighted by atomic mass is 10.1. The van der Waals surface area contributed by atoms with Gasteiger partial charge < -0.3 is 15.5 Å². The van der Waals surface area contributed by atoms with Crippen molar-refractivity contribution in [1.29, 1.82) is 0 Å². The van der Waals surface area contributed by atoms with Crippen LogP contribution in [0, 0.1) is 10.1 Å². The second-order valence-corrected chi connectivity index (χ2v) is 5.38. The summed E-state index contributed by atoms with van der Waals surface area (Å²) in [6.07, 6.45) is 0. The molecule has 2 rings (SSSR count). The Hall–Kier alpha value is -2.28. The molecule has 0 saturated heterocycles. The van der Waals surface area contributed by atoms with Gasteiger partial charge >= 0.3 is 0 Å². The highest BCUT2D eigenvalue weighted by Gasteiger charge is 2.15. The molecule has 2 aromatic carbocycles. The average Bonchev–Trinajstić information content (AvgIpc) is 2.40. The number of halogens is 1. The Bertz CT molecular complexity index is 691. The summed E-state index contributed by atoms with van der Waals surface area (Å²) in [6.45, 7) is 1.80. The first-order valence-electron chi connectivity index (χ1n) is 6.11. The Morgan fingerprint density at radius 2 is 1.95 bits per heavy atom. The topological polar surface area (TPSA) is 95.6 Å². The molecular weight excluding hydrogens is 340 g/mol. The van der Waals surface area contributed by atoms with E-state index in [1.165, 1.54) is 24.3 Å². The number of anilines is 1. The molecule has 0 aromatic heterocycles. The van der Waals surface area contributed by atoms with Gasteiger partial charge in [-0.25, -0.2) is 0 Å². The molecule has 0 radical (unpaired) electrons. The van der Waals surface area contributed by atoms with Crippen LogP contribution in [0.1, 0.15) is 18.5 Å². The van der Waals surface area contributed by atoms with Crippen molar-refractivity contribution in [3.63, 3.8) is 0 Å². The van der Waals surface area contributed by atoms with Gasteiger partial charge in [-0.05, 0) is 41.1 Å². The highest BCUT2D eigenvalue weighted by atomic mass is 79.9. The number of nitrogens with one attached hydrogen (secondary N) is 1. The van der Waals surface area contributed by atoms with Gasteiger partial charge in [0.05, 0.1) is 16.7 Å². The molecule has 0 bridgehead atoms. The Labute approximate surface area is 129 Å². The van der Waals surface area contributed by atoms with E-state index in [1.807, 2.05) is 0 Å². The molecular formula is C14H13BrN2O4. The second kappa shape index (κ2) is 6.01. The molecule has 1 atom stereocenters. The maximum atomic E-state index is 10.8. The van der Waals surface area contributed by atoms with Gasteiger partial charge in [-0.2, -0.15) is 0 Å². The Kier molecular flexibility index (Phi) is 4.32. The summed E-state index contributed by atoms with van der Waals surface area (Å²) < 4.78 is 0.679. The van der Waals surface area contributed by atoms with Gasteiger partial charge in [0.25, 0.3) is 5.69 Å².